The third kappa shape index (κ3) is 3.68. The minimum atomic E-state index is 0.628. The van der Waals surface area contributed by atoms with Crippen molar-refractivity contribution in [2.75, 3.05) is 18.5 Å². The van der Waals surface area contributed by atoms with Crippen molar-refractivity contribution in [2.45, 2.75) is 34.1 Å². The molecule has 0 aromatic carbocycles. The summed E-state index contributed by atoms with van der Waals surface area (Å²) in [6.07, 6.45) is 2.67. The Kier molecular flexibility index (Phi) is 5.02. The minimum Gasteiger partial charge on any atom is -0.478 e. The van der Waals surface area contributed by atoms with Gasteiger partial charge in [0, 0.05) is 6.54 Å². The molecule has 1 heterocycles. The van der Waals surface area contributed by atoms with Gasteiger partial charge in [-0.05, 0) is 26.2 Å². The fraction of sp³-hybridized carbons (Fsp3) is 0.667. The van der Waals surface area contributed by atoms with Gasteiger partial charge >= 0.3 is 0 Å². The molecule has 0 unspecified atom stereocenters. The largest absolute Gasteiger partial charge is 0.478 e. The molecule has 0 amide bonds. The first kappa shape index (κ1) is 12.7. The predicted octanol–water partition coefficient (Wildman–Crippen LogP) is 2.64. The third-order valence-corrected chi connectivity index (χ3v) is 2.33. The van der Waals surface area contributed by atoms with Gasteiger partial charge in [-0.15, -0.1) is 0 Å². The molecule has 0 saturated carbocycles. The zero-order chi connectivity index (χ0) is 12.0. The van der Waals surface area contributed by atoms with E-state index < -0.39 is 0 Å². The fourth-order valence-electron chi connectivity index (χ4n) is 1.37. The molecule has 0 spiro atoms. The molecule has 0 saturated heterocycles. The Labute approximate surface area is 97.5 Å². The third-order valence-electron chi connectivity index (χ3n) is 2.33. The molecule has 0 aliphatic carbocycles. The van der Waals surface area contributed by atoms with Gasteiger partial charge in [-0.2, -0.15) is 0 Å². The van der Waals surface area contributed by atoms with Gasteiger partial charge in [-0.3, -0.25) is 0 Å². The summed E-state index contributed by atoms with van der Waals surface area (Å²) >= 11 is 0. The average Bonchev–Trinajstić information content (AvgIpc) is 2.23. The number of hydrogen-bond acceptors (Lipinski definition) is 4. The lowest BCUT2D eigenvalue weighted by Gasteiger charge is -2.12. The van der Waals surface area contributed by atoms with Crippen molar-refractivity contribution in [1.82, 2.24) is 9.97 Å². The van der Waals surface area contributed by atoms with Crippen LogP contribution in [0.25, 0.3) is 0 Å². The number of rotatable bonds is 6. The van der Waals surface area contributed by atoms with Crippen molar-refractivity contribution in [1.29, 1.82) is 0 Å². The lowest BCUT2D eigenvalue weighted by Crippen LogP contribution is -2.09. The van der Waals surface area contributed by atoms with Crippen LogP contribution < -0.4 is 10.1 Å². The van der Waals surface area contributed by atoms with Crippen molar-refractivity contribution >= 4 is 5.82 Å². The van der Waals surface area contributed by atoms with E-state index in [1.54, 1.807) is 0 Å². The van der Waals surface area contributed by atoms with E-state index in [-0.39, 0.29) is 0 Å². The van der Waals surface area contributed by atoms with E-state index in [9.17, 15) is 0 Å². The number of anilines is 1. The molecule has 0 bridgehead atoms. The van der Waals surface area contributed by atoms with Crippen LogP contribution in [0.1, 0.15) is 32.8 Å². The minimum absolute atomic E-state index is 0.628. The molecule has 0 atom stereocenters. The van der Waals surface area contributed by atoms with E-state index in [4.69, 9.17) is 4.74 Å². The van der Waals surface area contributed by atoms with Gasteiger partial charge in [0.25, 0.3) is 0 Å². The van der Waals surface area contributed by atoms with Gasteiger partial charge < -0.3 is 10.1 Å². The average molecular weight is 223 g/mol. The lowest BCUT2D eigenvalue weighted by atomic mass is 10.1. The van der Waals surface area contributed by atoms with Crippen LogP contribution in [-0.4, -0.2) is 23.1 Å². The summed E-state index contributed by atoms with van der Waals surface area (Å²) in [5.41, 5.74) is 0.980. The van der Waals surface area contributed by atoms with Crippen LogP contribution in [0, 0.1) is 12.8 Å². The molecule has 16 heavy (non-hydrogen) atoms. The molecule has 1 aromatic heterocycles. The Morgan fingerprint density at radius 1 is 1.38 bits per heavy atom. The SMILES string of the molecule is CCOc1ncnc(NCCC(C)C)c1C. The van der Waals surface area contributed by atoms with Crippen LogP contribution >= 0.6 is 0 Å². The molecule has 90 valence electrons. The van der Waals surface area contributed by atoms with E-state index in [0.717, 1.165) is 24.3 Å². The van der Waals surface area contributed by atoms with E-state index in [1.165, 1.54) is 6.33 Å². The highest BCUT2D eigenvalue weighted by Crippen LogP contribution is 2.20. The van der Waals surface area contributed by atoms with Crippen LogP contribution in [0.4, 0.5) is 5.82 Å². The standard InChI is InChI=1S/C12H21N3O/c1-5-16-12-10(4)11(14-8-15-12)13-7-6-9(2)3/h8-9H,5-7H2,1-4H3,(H,13,14,15). The van der Waals surface area contributed by atoms with Crippen LogP contribution in [0.2, 0.25) is 0 Å². The summed E-state index contributed by atoms with van der Waals surface area (Å²) in [6, 6.07) is 0. The molecule has 1 aromatic rings. The first-order valence-electron chi connectivity index (χ1n) is 5.83. The molecular formula is C12H21N3O. The van der Waals surface area contributed by atoms with Crippen molar-refractivity contribution < 1.29 is 4.74 Å². The van der Waals surface area contributed by atoms with Crippen molar-refractivity contribution in [2.24, 2.45) is 5.92 Å². The Hall–Kier alpha value is -1.32. The van der Waals surface area contributed by atoms with Crippen LogP contribution in [0.3, 0.4) is 0 Å². The maximum atomic E-state index is 5.41. The molecule has 1 N–H and O–H groups in total. The maximum absolute atomic E-state index is 5.41. The van der Waals surface area contributed by atoms with E-state index in [1.807, 2.05) is 13.8 Å². The second kappa shape index (κ2) is 6.30. The Balaban J connectivity index is 2.62. The molecule has 4 heteroatoms. The van der Waals surface area contributed by atoms with Crippen molar-refractivity contribution in [3.63, 3.8) is 0 Å². The van der Waals surface area contributed by atoms with E-state index in [0.29, 0.717) is 18.4 Å². The van der Waals surface area contributed by atoms with E-state index in [2.05, 4.69) is 29.1 Å². The quantitative estimate of drug-likeness (QED) is 0.805. The zero-order valence-corrected chi connectivity index (χ0v) is 10.6. The van der Waals surface area contributed by atoms with Gasteiger partial charge in [-0.1, -0.05) is 13.8 Å². The summed E-state index contributed by atoms with van der Waals surface area (Å²) in [7, 11) is 0. The molecule has 1 rings (SSSR count). The summed E-state index contributed by atoms with van der Waals surface area (Å²) in [6.45, 7) is 9.90. The number of hydrogen-bond donors (Lipinski definition) is 1. The Morgan fingerprint density at radius 2 is 2.12 bits per heavy atom. The second-order valence-corrected chi connectivity index (χ2v) is 4.19. The topological polar surface area (TPSA) is 47.0 Å². The molecule has 0 aliphatic rings. The van der Waals surface area contributed by atoms with E-state index >= 15 is 0 Å². The Morgan fingerprint density at radius 3 is 2.75 bits per heavy atom. The van der Waals surface area contributed by atoms with Crippen LogP contribution in [-0.2, 0) is 0 Å². The zero-order valence-electron chi connectivity index (χ0n) is 10.6. The number of aromatic nitrogens is 2. The van der Waals surface area contributed by atoms with Gasteiger partial charge in [0.1, 0.15) is 12.1 Å². The molecular weight excluding hydrogens is 202 g/mol. The fourth-order valence-corrected chi connectivity index (χ4v) is 1.37. The highest BCUT2D eigenvalue weighted by Gasteiger charge is 2.07. The normalized spacial score (nSPS) is 10.6. The number of nitrogens with one attached hydrogen (secondary N) is 1. The smallest absolute Gasteiger partial charge is 0.221 e. The van der Waals surface area contributed by atoms with Gasteiger partial charge in [0.15, 0.2) is 0 Å². The van der Waals surface area contributed by atoms with Crippen LogP contribution in [0.5, 0.6) is 5.88 Å². The first-order chi connectivity index (χ1) is 7.65. The second-order valence-electron chi connectivity index (χ2n) is 4.19. The maximum Gasteiger partial charge on any atom is 0.221 e. The summed E-state index contributed by atoms with van der Waals surface area (Å²) in [5.74, 6) is 2.24. The highest BCUT2D eigenvalue weighted by molar-refractivity contribution is 5.47. The monoisotopic (exact) mass is 223 g/mol. The number of ether oxygens (including phenoxy) is 1. The van der Waals surface area contributed by atoms with Gasteiger partial charge in [0.2, 0.25) is 5.88 Å². The molecule has 4 nitrogen and oxygen atoms in total. The molecule has 0 radical (unpaired) electrons. The highest BCUT2D eigenvalue weighted by atomic mass is 16.5. The number of nitrogens with zero attached hydrogens (tertiary/aromatic N) is 2. The summed E-state index contributed by atoms with van der Waals surface area (Å²) in [4.78, 5) is 8.31. The first-order valence-corrected chi connectivity index (χ1v) is 5.83. The summed E-state index contributed by atoms with van der Waals surface area (Å²) in [5, 5.41) is 3.31. The predicted molar refractivity (Wildman–Crippen MR) is 65.9 cm³/mol. The molecule has 0 aliphatic heterocycles. The van der Waals surface area contributed by atoms with Crippen molar-refractivity contribution in [3.05, 3.63) is 11.9 Å². The molecule has 0 fully saturated rings. The Bertz CT molecular complexity index is 326. The van der Waals surface area contributed by atoms with Crippen LogP contribution in [0.15, 0.2) is 6.33 Å². The van der Waals surface area contributed by atoms with Gasteiger partial charge in [0.05, 0.1) is 12.2 Å². The lowest BCUT2D eigenvalue weighted by molar-refractivity contribution is 0.324. The summed E-state index contributed by atoms with van der Waals surface area (Å²) < 4.78 is 5.41. The van der Waals surface area contributed by atoms with Crippen molar-refractivity contribution in [3.8, 4) is 5.88 Å². The van der Waals surface area contributed by atoms with Gasteiger partial charge in [-0.25, -0.2) is 9.97 Å².